The van der Waals surface area contributed by atoms with Gasteiger partial charge in [-0.15, -0.1) is 15.0 Å². The number of nitrogens with zero attached hydrogens (tertiary/aromatic N) is 3. The largest absolute Gasteiger partial charge is 0.506 e. The number of halogens is 1. The lowest BCUT2D eigenvalue weighted by Crippen LogP contribution is -2.08. The van der Waals surface area contributed by atoms with Crippen molar-refractivity contribution in [3.63, 3.8) is 0 Å². The number of hydrogen-bond donors (Lipinski definition) is 1. The van der Waals surface area contributed by atoms with Crippen molar-refractivity contribution in [2.24, 2.45) is 0 Å². The van der Waals surface area contributed by atoms with Gasteiger partial charge in [0, 0.05) is 17.5 Å². The van der Waals surface area contributed by atoms with E-state index in [4.69, 9.17) is 16.3 Å². The first kappa shape index (κ1) is 19.2. The molecule has 1 aromatic heterocycles. The van der Waals surface area contributed by atoms with Gasteiger partial charge in [-0.1, -0.05) is 44.2 Å². The van der Waals surface area contributed by atoms with E-state index in [1.807, 2.05) is 0 Å². The molecule has 6 nitrogen and oxygen atoms in total. The minimum absolute atomic E-state index is 0.0132. The third kappa shape index (κ3) is 4.98. The fraction of sp³-hybridized carbons (Fsp3) is 0.350. The van der Waals surface area contributed by atoms with Crippen molar-refractivity contribution in [3.8, 4) is 17.2 Å². The number of carbonyl (C=O) groups is 1. The number of ether oxygens (including phenoxy) is 1. The molecule has 0 spiro atoms. The Labute approximate surface area is 162 Å². The Bertz CT molecular complexity index is 939. The van der Waals surface area contributed by atoms with Crippen LogP contribution in [0.4, 0.5) is 0 Å². The molecule has 0 saturated carbocycles. The Kier molecular flexibility index (Phi) is 6.29. The zero-order valence-corrected chi connectivity index (χ0v) is 15.9. The monoisotopic (exact) mass is 387 g/mol. The summed E-state index contributed by atoms with van der Waals surface area (Å²) in [6.45, 7) is 2.16. The fourth-order valence-electron chi connectivity index (χ4n) is 2.78. The van der Waals surface area contributed by atoms with Crippen molar-refractivity contribution in [1.29, 1.82) is 0 Å². The molecular weight excluding hydrogens is 366 g/mol. The Balaban J connectivity index is 1.71. The molecule has 0 radical (unpaired) electrons. The number of fused-ring (bicyclic) bond motifs is 1. The predicted molar refractivity (Wildman–Crippen MR) is 105 cm³/mol. The summed E-state index contributed by atoms with van der Waals surface area (Å²) in [5.74, 6) is 0.0509. The molecule has 0 fully saturated rings. The second-order valence-electron chi connectivity index (χ2n) is 6.41. The number of esters is 1. The molecule has 142 valence electrons. The van der Waals surface area contributed by atoms with Crippen molar-refractivity contribution in [2.75, 3.05) is 0 Å². The molecule has 7 heteroatoms. The summed E-state index contributed by atoms with van der Waals surface area (Å²) in [5.41, 5.74) is 1.58. The quantitative estimate of drug-likeness (QED) is 0.332. The van der Waals surface area contributed by atoms with Crippen LogP contribution in [0.5, 0.6) is 11.5 Å². The molecular formula is C20H22ClN3O3. The first-order valence-corrected chi connectivity index (χ1v) is 9.51. The van der Waals surface area contributed by atoms with E-state index in [0.717, 1.165) is 19.3 Å². The van der Waals surface area contributed by atoms with Crippen molar-refractivity contribution in [3.05, 3.63) is 41.4 Å². The van der Waals surface area contributed by atoms with Crippen LogP contribution in [0.2, 0.25) is 5.02 Å². The Hall–Kier alpha value is -2.60. The van der Waals surface area contributed by atoms with Crippen LogP contribution in [0.3, 0.4) is 0 Å². The molecule has 0 unspecified atom stereocenters. The van der Waals surface area contributed by atoms with Gasteiger partial charge in [-0.2, -0.15) is 0 Å². The standard InChI is InChI=1S/C20H22ClN3O3/c1-2-3-4-5-6-7-20(26)27-15-9-11-19(25)18(13-15)24-22-16-10-8-14(21)12-17(16)23-24/h8-13,25H,2-7H2,1H3. The molecule has 3 aromatic rings. The van der Waals surface area contributed by atoms with Gasteiger partial charge in [0.2, 0.25) is 0 Å². The first-order valence-electron chi connectivity index (χ1n) is 9.13. The van der Waals surface area contributed by atoms with E-state index in [1.165, 1.54) is 23.7 Å². The summed E-state index contributed by atoms with van der Waals surface area (Å²) in [4.78, 5) is 13.3. The van der Waals surface area contributed by atoms with Crippen LogP contribution in [0.25, 0.3) is 16.7 Å². The van der Waals surface area contributed by atoms with E-state index in [1.54, 1.807) is 30.3 Å². The number of benzene rings is 2. The van der Waals surface area contributed by atoms with Crippen molar-refractivity contribution in [2.45, 2.75) is 45.4 Å². The van der Waals surface area contributed by atoms with Crippen LogP contribution >= 0.6 is 11.6 Å². The van der Waals surface area contributed by atoms with Gasteiger partial charge < -0.3 is 9.84 Å². The maximum Gasteiger partial charge on any atom is 0.311 e. The minimum atomic E-state index is -0.284. The summed E-state index contributed by atoms with van der Waals surface area (Å²) in [5, 5.41) is 19.4. The second-order valence-corrected chi connectivity index (χ2v) is 6.85. The molecule has 2 aromatic carbocycles. The average molecular weight is 388 g/mol. The van der Waals surface area contributed by atoms with E-state index in [0.29, 0.717) is 33.9 Å². The predicted octanol–water partition coefficient (Wildman–Crippen LogP) is 5.05. The van der Waals surface area contributed by atoms with Crippen LogP contribution in [0.1, 0.15) is 45.4 Å². The van der Waals surface area contributed by atoms with E-state index in [-0.39, 0.29) is 11.7 Å². The van der Waals surface area contributed by atoms with Gasteiger partial charge in [-0.05, 0) is 36.8 Å². The first-order chi connectivity index (χ1) is 13.1. The van der Waals surface area contributed by atoms with Crippen molar-refractivity contribution < 1.29 is 14.6 Å². The molecule has 0 aliphatic heterocycles. The maximum atomic E-state index is 12.0. The molecule has 0 amide bonds. The van der Waals surface area contributed by atoms with Crippen molar-refractivity contribution in [1.82, 2.24) is 15.0 Å². The number of aromatic nitrogens is 3. The summed E-state index contributed by atoms with van der Waals surface area (Å²) in [7, 11) is 0. The molecule has 3 rings (SSSR count). The molecule has 0 atom stereocenters. The highest BCUT2D eigenvalue weighted by molar-refractivity contribution is 6.31. The smallest absolute Gasteiger partial charge is 0.311 e. The van der Waals surface area contributed by atoms with E-state index in [9.17, 15) is 9.90 Å². The lowest BCUT2D eigenvalue weighted by Gasteiger charge is -2.08. The van der Waals surface area contributed by atoms with Gasteiger partial charge in [-0.3, -0.25) is 4.79 Å². The van der Waals surface area contributed by atoms with Crippen molar-refractivity contribution >= 4 is 28.6 Å². The summed E-state index contributed by atoms with van der Waals surface area (Å²) in [6.07, 6.45) is 5.71. The van der Waals surface area contributed by atoms with Gasteiger partial charge >= 0.3 is 5.97 Å². The zero-order valence-electron chi connectivity index (χ0n) is 15.2. The summed E-state index contributed by atoms with van der Waals surface area (Å²) >= 11 is 5.97. The number of aromatic hydroxyl groups is 1. The topological polar surface area (TPSA) is 77.2 Å². The Morgan fingerprint density at radius 3 is 2.67 bits per heavy atom. The van der Waals surface area contributed by atoms with Gasteiger partial charge in [0.25, 0.3) is 0 Å². The van der Waals surface area contributed by atoms with Crippen LogP contribution in [-0.4, -0.2) is 26.1 Å². The maximum absolute atomic E-state index is 12.0. The molecule has 27 heavy (non-hydrogen) atoms. The number of phenols is 1. The number of unbranched alkanes of at least 4 members (excludes halogenated alkanes) is 4. The third-order valence-electron chi connectivity index (χ3n) is 4.22. The summed E-state index contributed by atoms with van der Waals surface area (Å²) < 4.78 is 5.39. The van der Waals surface area contributed by atoms with E-state index >= 15 is 0 Å². The molecule has 0 aliphatic rings. The van der Waals surface area contributed by atoms with Gasteiger partial charge in [0.05, 0.1) is 0 Å². The molecule has 0 bridgehead atoms. The lowest BCUT2D eigenvalue weighted by molar-refractivity contribution is -0.134. The van der Waals surface area contributed by atoms with E-state index in [2.05, 4.69) is 17.1 Å². The number of rotatable bonds is 8. The van der Waals surface area contributed by atoms with Crippen LogP contribution < -0.4 is 4.74 Å². The average Bonchev–Trinajstić information content (AvgIpc) is 3.06. The fourth-order valence-corrected chi connectivity index (χ4v) is 2.94. The highest BCUT2D eigenvalue weighted by Crippen LogP contribution is 2.27. The SMILES string of the molecule is CCCCCCCC(=O)Oc1ccc(O)c(-n2nc3ccc(Cl)cc3n2)c1. The van der Waals surface area contributed by atoms with Gasteiger partial charge in [0.1, 0.15) is 28.2 Å². The van der Waals surface area contributed by atoms with Gasteiger partial charge in [-0.25, -0.2) is 0 Å². The summed E-state index contributed by atoms with van der Waals surface area (Å²) in [6, 6.07) is 9.72. The molecule has 0 aliphatic carbocycles. The molecule has 1 N–H and O–H groups in total. The van der Waals surface area contributed by atoms with Gasteiger partial charge in [0.15, 0.2) is 0 Å². The van der Waals surface area contributed by atoms with E-state index < -0.39 is 0 Å². The Morgan fingerprint density at radius 1 is 1.07 bits per heavy atom. The second kappa shape index (κ2) is 8.86. The minimum Gasteiger partial charge on any atom is -0.506 e. The van der Waals surface area contributed by atoms with Crippen LogP contribution in [0, 0.1) is 0 Å². The molecule has 0 saturated heterocycles. The van der Waals surface area contributed by atoms with Crippen LogP contribution in [-0.2, 0) is 4.79 Å². The third-order valence-corrected chi connectivity index (χ3v) is 4.46. The molecule has 1 heterocycles. The normalized spacial score (nSPS) is 11.0. The number of hydrogen-bond acceptors (Lipinski definition) is 5. The van der Waals surface area contributed by atoms with Crippen LogP contribution in [0.15, 0.2) is 36.4 Å². The zero-order chi connectivity index (χ0) is 19.2. The lowest BCUT2D eigenvalue weighted by atomic mass is 10.1. The Morgan fingerprint density at radius 2 is 1.85 bits per heavy atom. The highest BCUT2D eigenvalue weighted by atomic mass is 35.5. The number of carbonyl (C=O) groups excluding carboxylic acids is 1. The number of phenolic OH excluding ortho intramolecular Hbond substituents is 1. The highest BCUT2D eigenvalue weighted by Gasteiger charge is 2.12.